The molecule has 5 nitrogen and oxygen atoms in total. The van der Waals surface area contributed by atoms with E-state index in [1.807, 2.05) is 0 Å². The van der Waals surface area contributed by atoms with Gasteiger partial charge in [0, 0.05) is 19.7 Å². The Hall–Kier alpha value is -1.52. The van der Waals surface area contributed by atoms with Crippen molar-refractivity contribution in [3.05, 3.63) is 32.1 Å². The quantitative estimate of drug-likeness (QED) is 0.685. The summed E-state index contributed by atoms with van der Waals surface area (Å²) >= 11 is 0. The van der Waals surface area contributed by atoms with Crippen molar-refractivity contribution in [1.82, 2.24) is 9.66 Å². The van der Waals surface area contributed by atoms with E-state index in [0.29, 0.717) is 0 Å². The van der Waals surface area contributed by atoms with Crippen LogP contribution in [0.1, 0.15) is 24.1 Å². The molecule has 0 saturated carbocycles. The van der Waals surface area contributed by atoms with Crippen LogP contribution in [-0.2, 0) is 12.8 Å². The highest BCUT2D eigenvalue weighted by molar-refractivity contribution is 5.21. The third-order valence-corrected chi connectivity index (χ3v) is 2.78. The summed E-state index contributed by atoms with van der Waals surface area (Å²) in [4.78, 5) is 25.5. The second-order valence-electron chi connectivity index (χ2n) is 4.05. The Labute approximate surface area is 87.3 Å². The van der Waals surface area contributed by atoms with Gasteiger partial charge in [-0.1, -0.05) is 0 Å². The molecule has 0 aromatic carbocycles. The Balaban J connectivity index is 2.75. The van der Waals surface area contributed by atoms with Crippen LogP contribution in [0.2, 0.25) is 0 Å². The van der Waals surface area contributed by atoms with Crippen molar-refractivity contribution in [3.8, 4) is 0 Å². The average Bonchev–Trinajstić information content (AvgIpc) is 2.17. The largest absolute Gasteiger partial charge is 0.347 e. The summed E-state index contributed by atoms with van der Waals surface area (Å²) in [6.07, 6.45) is 3.66. The summed E-state index contributed by atoms with van der Waals surface area (Å²) in [5.41, 5.74) is 1.09. The molecule has 0 bridgehead atoms. The fourth-order valence-corrected chi connectivity index (χ4v) is 2.14. The Bertz CT molecular complexity index is 484. The molecule has 1 N–H and O–H groups in total. The first-order valence-corrected chi connectivity index (χ1v) is 5.16. The second kappa shape index (κ2) is 3.56. The van der Waals surface area contributed by atoms with Crippen molar-refractivity contribution >= 4 is 0 Å². The van der Waals surface area contributed by atoms with Gasteiger partial charge in [-0.25, -0.2) is 9.47 Å². The van der Waals surface area contributed by atoms with E-state index in [-0.39, 0.29) is 11.2 Å². The molecule has 1 aromatic rings. The lowest BCUT2D eigenvalue weighted by molar-refractivity contribution is 0.562. The first-order valence-electron chi connectivity index (χ1n) is 5.16. The van der Waals surface area contributed by atoms with Crippen LogP contribution in [-0.4, -0.2) is 23.8 Å². The van der Waals surface area contributed by atoms with Crippen LogP contribution < -0.4 is 16.3 Å². The van der Waals surface area contributed by atoms with Gasteiger partial charge in [0.25, 0.3) is 5.56 Å². The molecule has 0 fully saturated rings. The zero-order chi connectivity index (χ0) is 11.0. The highest BCUT2D eigenvalue weighted by Crippen LogP contribution is 2.15. The van der Waals surface area contributed by atoms with E-state index in [1.165, 1.54) is 0 Å². The maximum Gasteiger partial charge on any atom is 0.347 e. The molecule has 0 spiro atoms. The fraction of sp³-hybridized carbons (Fsp3) is 0.600. The van der Waals surface area contributed by atoms with Gasteiger partial charge in [-0.3, -0.25) is 9.78 Å². The molecule has 0 unspecified atom stereocenters. The molecule has 0 atom stereocenters. The Morgan fingerprint density at radius 2 is 1.87 bits per heavy atom. The number of rotatable bonds is 1. The number of nitrogens with one attached hydrogen (secondary N) is 1. The van der Waals surface area contributed by atoms with Gasteiger partial charge in [-0.2, -0.15) is 0 Å². The van der Waals surface area contributed by atoms with Gasteiger partial charge < -0.3 is 5.01 Å². The highest BCUT2D eigenvalue weighted by Gasteiger charge is 2.18. The van der Waals surface area contributed by atoms with E-state index in [9.17, 15) is 9.59 Å². The lowest BCUT2D eigenvalue weighted by Crippen LogP contribution is -2.45. The molecule has 0 radical (unpaired) electrons. The molecule has 2 rings (SSSR count). The maximum atomic E-state index is 11.6. The number of H-pyrrole nitrogens is 1. The number of aromatic nitrogens is 2. The summed E-state index contributed by atoms with van der Waals surface area (Å²) in [5, 5.41) is 1.71. The van der Waals surface area contributed by atoms with Gasteiger partial charge >= 0.3 is 5.69 Å². The van der Waals surface area contributed by atoms with Crippen LogP contribution in [0.25, 0.3) is 0 Å². The van der Waals surface area contributed by atoms with Crippen LogP contribution in [0.15, 0.2) is 9.59 Å². The predicted octanol–water partition coefficient (Wildman–Crippen LogP) is -0.387. The van der Waals surface area contributed by atoms with E-state index >= 15 is 0 Å². The Kier molecular flexibility index (Phi) is 2.38. The molecule has 1 aliphatic rings. The van der Waals surface area contributed by atoms with Crippen molar-refractivity contribution in [2.24, 2.45) is 0 Å². The van der Waals surface area contributed by atoms with Crippen molar-refractivity contribution in [2.75, 3.05) is 19.1 Å². The minimum absolute atomic E-state index is 0.215. The topological polar surface area (TPSA) is 58.1 Å². The SMILES string of the molecule is CN(C)n1c2c(c(=O)[nH]c1=O)CCCC2. The highest BCUT2D eigenvalue weighted by atomic mass is 16.2. The van der Waals surface area contributed by atoms with E-state index in [2.05, 4.69) is 4.98 Å². The van der Waals surface area contributed by atoms with Crippen molar-refractivity contribution in [2.45, 2.75) is 25.7 Å². The van der Waals surface area contributed by atoms with Crippen LogP contribution in [0, 0.1) is 0 Å². The maximum absolute atomic E-state index is 11.6. The fourth-order valence-electron chi connectivity index (χ4n) is 2.14. The molecule has 5 heteroatoms. The van der Waals surface area contributed by atoms with Crippen LogP contribution in [0.3, 0.4) is 0 Å². The third kappa shape index (κ3) is 1.58. The van der Waals surface area contributed by atoms with E-state index in [4.69, 9.17) is 0 Å². The number of hydrogen-bond donors (Lipinski definition) is 1. The van der Waals surface area contributed by atoms with Crippen molar-refractivity contribution < 1.29 is 0 Å². The standard InChI is InChI=1S/C10H15N3O2/c1-12(2)13-8-6-4-3-5-7(8)9(14)11-10(13)15/h3-6H2,1-2H3,(H,11,14,15). The normalized spacial score (nSPS) is 14.8. The number of aromatic amines is 1. The van der Waals surface area contributed by atoms with E-state index in [0.717, 1.165) is 36.9 Å². The lowest BCUT2D eigenvalue weighted by Gasteiger charge is -2.24. The molecular weight excluding hydrogens is 194 g/mol. The van der Waals surface area contributed by atoms with Gasteiger partial charge in [0.15, 0.2) is 0 Å². The van der Waals surface area contributed by atoms with Crippen LogP contribution in [0.5, 0.6) is 0 Å². The zero-order valence-electron chi connectivity index (χ0n) is 9.04. The van der Waals surface area contributed by atoms with Gasteiger partial charge in [0.05, 0.1) is 5.69 Å². The minimum Gasteiger partial charge on any atom is -0.315 e. The molecule has 15 heavy (non-hydrogen) atoms. The molecule has 1 aliphatic carbocycles. The summed E-state index contributed by atoms with van der Waals surface area (Å²) in [6, 6.07) is 0. The summed E-state index contributed by atoms with van der Waals surface area (Å²) < 4.78 is 1.55. The first-order chi connectivity index (χ1) is 7.11. The number of hydrogen-bond acceptors (Lipinski definition) is 3. The molecule has 0 amide bonds. The predicted molar refractivity (Wildman–Crippen MR) is 58.0 cm³/mol. The monoisotopic (exact) mass is 209 g/mol. The summed E-state index contributed by atoms with van der Waals surface area (Å²) in [5.74, 6) is 0. The van der Waals surface area contributed by atoms with Gasteiger partial charge in [-0.15, -0.1) is 0 Å². The molecule has 82 valence electrons. The number of fused-ring (bicyclic) bond motifs is 1. The smallest absolute Gasteiger partial charge is 0.315 e. The second-order valence-corrected chi connectivity index (χ2v) is 4.05. The molecule has 0 saturated heterocycles. The molecular formula is C10H15N3O2. The zero-order valence-corrected chi connectivity index (χ0v) is 9.04. The van der Waals surface area contributed by atoms with Crippen molar-refractivity contribution in [3.63, 3.8) is 0 Å². The van der Waals surface area contributed by atoms with Crippen LogP contribution >= 0.6 is 0 Å². The third-order valence-electron chi connectivity index (χ3n) is 2.78. The van der Waals surface area contributed by atoms with Gasteiger partial charge in [-0.05, 0) is 25.7 Å². The van der Waals surface area contributed by atoms with E-state index < -0.39 is 0 Å². The molecule has 0 aliphatic heterocycles. The number of nitrogens with zero attached hydrogens (tertiary/aromatic N) is 2. The molecule has 1 heterocycles. The first kappa shape index (κ1) is 10.0. The lowest BCUT2D eigenvalue weighted by atomic mass is 9.97. The van der Waals surface area contributed by atoms with Gasteiger partial charge in [0.2, 0.25) is 0 Å². The minimum atomic E-state index is -0.342. The average molecular weight is 209 g/mol. The van der Waals surface area contributed by atoms with Crippen LogP contribution in [0.4, 0.5) is 0 Å². The van der Waals surface area contributed by atoms with Crippen molar-refractivity contribution in [1.29, 1.82) is 0 Å². The molecule has 1 aromatic heterocycles. The van der Waals surface area contributed by atoms with E-state index in [1.54, 1.807) is 23.8 Å². The Morgan fingerprint density at radius 1 is 1.20 bits per heavy atom. The summed E-state index contributed by atoms with van der Waals surface area (Å²) in [7, 11) is 3.60. The van der Waals surface area contributed by atoms with Gasteiger partial charge in [0.1, 0.15) is 0 Å². The summed E-state index contributed by atoms with van der Waals surface area (Å²) in [6.45, 7) is 0. The Morgan fingerprint density at radius 3 is 2.53 bits per heavy atom.